The summed E-state index contributed by atoms with van der Waals surface area (Å²) >= 11 is 0. The van der Waals surface area contributed by atoms with Gasteiger partial charge in [0.2, 0.25) is 0 Å². The number of carbonyl (C=O) groups is 2. The fourth-order valence-corrected chi connectivity index (χ4v) is 1.64. The van der Waals surface area contributed by atoms with Crippen molar-refractivity contribution in [2.24, 2.45) is 0 Å². The van der Waals surface area contributed by atoms with Crippen molar-refractivity contribution < 1.29 is 18.8 Å². The fraction of sp³-hybridized carbons (Fsp3) is 0.583. The van der Waals surface area contributed by atoms with Crippen LogP contribution in [0.4, 0.5) is 0 Å². The van der Waals surface area contributed by atoms with E-state index in [4.69, 9.17) is 4.52 Å². The van der Waals surface area contributed by atoms with Gasteiger partial charge in [-0.15, -0.1) is 0 Å². The van der Waals surface area contributed by atoms with E-state index in [2.05, 4.69) is 9.89 Å². The van der Waals surface area contributed by atoms with Gasteiger partial charge >= 0.3 is 5.97 Å². The predicted molar refractivity (Wildman–Crippen MR) is 64.2 cm³/mol. The molecular formula is C12H18N2O4. The van der Waals surface area contributed by atoms with Gasteiger partial charge < -0.3 is 14.2 Å². The number of aromatic nitrogens is 1. The Kier molecular flexibility index (Phi) is 4.88. The summed E-state index contributed by atoms with van der Waals surface area (Å²) in [5.41, 5.74) is 1.08. The maximum Gasteiger partial charge on any atom is 0.305 e. The van der Waals surface area contributed by atoms with Gasteiger partial charge in [-0.2, -0.15) is 0 Å². The van der Waals surface area contributed by atoms with Gasteiger partial charge in [-0.05, 0) is 20.3 Å². The van der Waals surface area contributed by atoms with Crippen LogP contribution < -0.4 is 0 Å². The molecule has 0 aliphatic rings. The molecule has 1 heterocycles. The van der Waals surface area contributed by atoms with Crippen LogP contribution in [0.15, 0.2) is 4.52 Å². The molecule has 0 fully saturated rings. The molecule has 100 valence electrons. The molecule has 6 heteroatoms. The van der Waals surface area contributed by atoms with Crippen molar-refractivity contribution in [2.75, 3.05) is 20.7 Å². The quantitative estimate of drug-likeness (QED) is 0.741. The third-order valence-corrected chi connectivity index (χ3v) is 2.70. The molecule has 0 aromatic carbocycles. The van der Waals surface area contributed by atoms with Crippen LogP contribution in [0, 0.1) is 13.8 Å². The zero-order chi connectivity index (χ0) is 13.7. The van der Waals surface area contributed by atoms with E-state index in [1.165, 1.54) is 7.11 Å². The first-order valence-corrected chi connectivity index (χ1v) is 5.72. The van der Waals surface area contributed by atoms with E-state index in [0.717, 1.165) is 0 Å². The standard InChI is InChI=1S/C12H18N2O4/c1-8-11(9(2)18-13-8)12(16)14(3)7-5-6-10(15)17-4/h5-7H2,1-4H3. The Hall–Kier alpha value is -1.85. The first-order valence-electron chi connectivity index (χ1n) is 5.72. The molecule has 1 amide bonds. The van der Waals surface area contributed by atoms with Gasteiger partial charge in [0.05, 0.1) is 12.8 Å². The van der Waals surface area contributed by atoms with E-state index in [0.29, 0.717) is 36.4 Å². The van der Waals surface area contributed by atoms with Crippen LogP contribution >= 0.6 is 0 Å². The van der Waals surface area contributed by atoms with Crippen molar-refractivity contribution >= 4 is 11.9 Å². The Morgan fingerprint density at radius 2 is 2.06 bits per heavy atom. The van der Waals surface area contributed by atoms with Gasteiger partial charge in [-0.3, -0.25) is 9.59 Å². The summed E-state index contributed by atoms with van der Waals surface area (Å²) in [5, 5.41) is 3.74. The summed E-state index contributed by atoms with van der Waals surface area (Å²) < 4.78 is 9.49. The Bertz CT molecular complexity index is 420. The fourth-order valence-electron chi connectivity index (χ4n) is 1.64. The zero-order valence-corrected chi connectivity index (χ0v) is 11.1. The molecule has 0 bridgehead atoms. The molecule has 0 spiro atoms. The highest BCUT2D eigenvalue weighted by atomic mass is 16.5. The normalized spacial score (nSPS) is 10.2. The van der Waals surface area contributed by atoms with Gasteiger partial charge in [0, 0.05) is 20.0 Å². The lowest BCUT2D eigenvalue weighted by atomic mass is 10.1. The monoisotopic (exact) mass is 254 g/mol. The number of methoxy groups -OCH3 is 1. The summed E-state index contributed by atoms with van der Waals surface area (Å²) in [4.78, 5) is 24.6. The minimum atomic E-state index is -0.270. The number of hydrogen-bond donors (Lipinski definition) is 0. The molecule has 0 saturated heterocycles. The minimum absolute atomic E-state index is 0.142. The highest BCUT2D eigenvalue weighted by Gasteiger charge is 2.20. The van der Waals surface area contributed by atoms with E-state index >= 15 is 0 Å². The molecule has 0 aliphatic heterocycles. The molecule has 6 nitrogen and oxygen atoms in total. The number of carbonyl (C=O) groups excluding carboxylic acids is 2. The lowest BCUT2D eigenvalue weighted by molar-refractivity contribution is -0.140. The maximum absolute atomic E-state index is 12.1. The first kappa shape index (κ1) is 14.2. The summed E-state index contributed by atoms with van der Waals surface area (Å²) in [6.07, 6.45) is 0.869. The van der Waals surface area contributed by atoms with Crippen LogP contribution in [0.3, 0.4) is 0 Å². The number of aryl methyl sites for hydroxylation is 2. The van der Waals surface area contributed by atoms with Gasteiger partial charge in [-0.25, -0.2) is 0 Å². The number of nitrogens with zero attached hydrogens (tertiary/aromatic N) is 2. The number of ether oxygens (including phenoxy) is 1. The Morgan fingerprint density at radius 3 is 2.56 bits per heavy atom. The Morgan fingerprint density at radius 1 is 1.39 bits per heavy atom. The summed E-state index contributed by atoms with van der Waals surface area (Å²) in [6, 6.07) is 0. The number of esters is 1. The smallest absolute Gasteiger partial charge is 0.305 e. The molecule has 0 saturated carbocycles. The lowest BCUT2D eigenvalue weighted by Gasteiger charge is -2.16. The molecule has 0 aliphatic carbocycles. The second-order valence-electron chi connectivity index (χ2n) is 4.11. The molecule has 1 aromatic rings. The molecule has 18 heavy (non-hydrogen) atoms. The lowest BCUT2D eigenvalue weighted by Crippen LogP contribution is -2.28. The number of amides is 1. The third-order valence-electron chi connectivity index (χ3n) is 2.70. The van der Waals surface area contributed by atoms with Gasteiger partial charge in [0.25, 0.3) is 5.91 Å². The van der Waals surface area contributed by atoms with Crippen molar-refractivity contribution in [3.05, 3.63) is 17.0 Å². The second kappa shape index (κ2) is 6.18. The van der Waals surface area contributed by atoms with Gasteiger partial charge in [-0.1, -0.05) is 5.16 Å². The van der Waals surface area contributed by atoms with Crippen molar-refractivity contribution in [2.45, 2.75) is 26.7 Å². The van der Waals surface area contributed by atoms with Crippen LogP contribution in [0.25, 0.3) is 0 Å². The van der Waals surface area contributed by atoms with Crippen molar-refractivity contribution in [1.82, 2.24) is 10.1 Å². The average Bonchev–Trinajstić information content (AvgIpc) is 2.67. The maximum atomic E-state index is 12.1. The predicted octanol–water partition coefficient (Wildman–Crippen LogP) is 1.32. The highest BCUT2D eigenvalue weighted by Crippen LogP contribution is 2.14. The van der Waals surface area contributed by atoms with Crippen molar-refractivity contribution in [3.8, 4) is 0 Å². The molecule has 0 atom stereocenters. The van der Waals surface area contributed by atoms with Crippen LogP contribution in [0.1, 0.15) is 34.7 Å². The van der Waals surface area contributed by atoms with Crippen LogP contribution in [-0.4, -0.2) is 42.6 Å². The topological polar surface area (TPSA) is 72.6 Å². The van der Waals surface area contributed by atoms with E-state index < -0.39 is 0 Å². The Labute approximate surface area is 106 Å². The van der Waals surface area contributed by atoms with Crippen molar-refractivity contribution in [3.63, 3.8) is 0 Å². The van der Waals surface area contributed by atoms with Crippen LogP contribution in [0.2, 0.25) is 0 Å². The molecular weight excluding hydrogens is 236 g/mol. The molecule has 1 rings (SSSR count). The second-order valence-corrected chi connectivity index (χ2v) is 4.11. The van der Waals surface area contributed by atoms with E-state index in [-0.39, 0.29) is 11.9 Å². The largest absolute Gasteiger partial charge is 0.469 e. The van der Waals surface area contributed by atoms with Gasteiger partial charge in [0.1, 0.15) is 11.3 Å². The SMILES string of the molecule is COC(=O)CCCN(C)C(=O)c1c(C)noc1C. The van der Waals surface area contributed by atoms with E-state index in [9.17, 15) is 9.59 Å². The number of hydrogen-bond acceptors (Lipinski definition) is 5. The van der Waals surface area contributed by atoms with Crippen LogP contribution in [-0.2, 0) is 9.53 Å². The molecule has 0 N–H and O–H groups in total. The number of rotatable bonds is 5. The van der Waals surface area contributed by atoms with E-state index in [1.54, 1.807) is 25.8 Å². The average molecular weight is 254 g/mol. The van der Waals surface area contributed by atoms with Crippen molar-refractivity contribution in [1.29, 1.82) is 0 Å². The summed E-state index contributed by atoms with van der Waals surface area (Å²) in [5.74, 6) is 0.0987. The van der Waals surface area contributed by atoms with Gasteiger partial charge in [0.15, 0.2) is 0 Å². The zero-order valence-electron chi connectivity index (χ0n) is 11.1. The van der Waals surface area contributed by atoms with E-state index in [1.807, 2.05) is 0 Å². The molecule has 1 aromatic heterocycles. The molecule has 0 radical (unpaired) electrons. The summed E-state index contributed by atoms with van der Waals surface area (Å²) in [7, 11) is 3.03. The minimum Gasteiger partial charge on any atom is -0.469 e. The summed E-state index contributed by atoms with van der Waals surface area (Å²) in [6.45, 7) is 3.92. The molecule has 0 unspecified atom stereocenters. The first-order chi connectivity index (χ1) is 8.47. The third kappa shape index (κ3) is 3.32. The van der Waals surface area contributed by atoms with Crippen LogP contribution in [0.5, 0.6) is 0 Å². The highest BCUT2D eigenvalue weighted by molar-refractivity contribution is 5.95. The Balaban J connectivity index is 2.55.